The highest BCUT2D eigenvalue weighted by atomic mass is 16.5. The Morgan fingerprint density at radius 3 is 2.41 bits per heavy atom. The molecule has 3 aromatic carbocycles. The Kier molecular flexibility index (Phi) is 7.85. The molecule has 10 heteroatoms. The van der Waals surface area contributed by atoms with Crippen molar-refractivity contribution in [3.05, 3.63) is 94.6 Å². The zero-order valence-corrected chi connectivity index (χ0v) is 21.4. The van der Waals surface area contributed by atoms with Gasteiger partial charge in [0.2, 0.25) is 0 Å². The van der Waals surface area contributed by atoms with Crippen LogP contribution in [0.15, 0.2) is 72.3 Å². The number of barbiturate groups is 1. The Balaban J connectivity index is 1.48. The van der Waals surface area contributed by atoms with E-state index in [0.29, 0.717) is 17.0 Å². The van der Waals surface area contributed by atoms with Crippen LogP contribution in [0.2, 0.25) is 0 Å². The third-order valence-corrected chi connectivity index (χ3v) is 5.84. The molecule has 1 aliphatic rings. The summed E-state index contributed by atoms with van der Waals surface area (Å²) < 4.78 is 10.3. The van der Waals surface area contributed by atoms with Crippen LogP contribution in [-0.4, -0.2) is 43.4 Å². The molecule has 0 unspecified atom stereocenters. The summed E-state index contributed by atoms with van der Waals surface area (Å²) in [6.07, 6.45) is 1.32. The summed E-state index contributed by atoms with van der Waals surface area (Å²) >= 11 is 0. The number of carbonyl (C=O) groups excluding carboxylic acids is 5. The molecular formula is C29H25N3O7. The second kappa shape index (κ2) is 11.4. The van der Waals surface area contributed by atoms with Gasteiger partial charge in [-0.15, -0.1) is 0 Å². The summed E-state index contributed by atoms with van der Waals surface area (Å²) in [5.74, 6) is -2.27. The van der Waals surface area contributed by atoms with E-state index in [1.54, 1.807) is 24.3 Å². The van der Waals surface area contributed by atoms with Crippen LogP contribution in [0, 0.1) is 13.8 Å². The first kappa shape index (κ1) is 26.8. The number of benzene rings is 3. The molecule has 2 N–H and O–H groups in total. The number of hydrogen-bond acceptors (Lipinski definition) is 7. The number of rotatable bonds is 7. The van der Waals surface area contributed by atoms with Gasteiger partial charge in [0.1, 0.15) is 11.3 Å². The van der Waals surface area contributed by atoms with Gasteiger partial charge in [0, 0.05) is 5.69 Å². The lowest BCUT2D eigenvalue weighted by Crippen LogP contribution is -2.54. The largest absolute Gasteiger partial charge is 0.484 e. The molecule has 0 aromatic heterocycles. The lowest BCUT2D eigenvalue weighted by Gasteiger charge is -2.26. The topological polar surface area (TPSA) is 131 Å². The van der Waals surface area contributed by atoms with Crippen LogP contribution >= 0.6 is 0 Å². The predicted octanol–water partition coefficient (Wildman–Crippen LogP) is 3.77. The van der Waals surface area contributed by atoms with Crippen LogP contribution in [0.25, 0.3) is 6.08 Å². The number of hydrogen-bond donors (Lipinski definition) is 2. The molecule has 0 radical (unpaired) electrons. The number of aryl methyl sites for hydroxylation is 2. The number of esters is 1. The second-order valence-corrected chi connectivity index (χ2v) is 8.72. The number of urea groups is 1. The molecule has 39 heavy (non-hydrogen) atoms. The van der Waals surface area contributed by atoms with Crippen molar-refractivity contribution in [3.8, 4) is 5.75 Å². The van der Waals surface area contributed by atoms with Gasteiger partial charge in [-0.05, 0) is 73.5 Å². The first-order chi connectivity index (χ1) is 18.7. The van der Waals surface area contributed by atoms with Crippen LogP contribution in [-0.2, 0) is 19.1 Å². The van der Waals surface area contributed by atoms with Gasteiger partial charge in [0.15, 0.2) is 6.61 Å². The molecule has 1 heterocycles. The summed E-state index contributed by atoms with van der Waals surface area (Å²) in [7, 11) is 1.24. The maximum atomic E-state index is 13.1. The number of amides is 5. The number of imide groups is 2. The van der Waals surface area contributed by atoms with Gasteiger partial charge in [0.05, 0.1) is 18.4 Å². The number of carbonyl (C=O) groups is 5. The third-order valence-electron chi connectivity index (χ3n) is 5.84. The fourth-order valence-corrected chi connectivity index (χ4v) is 3.91. The molecule has 1 aliphatic heterocycles. The molecule has 1 saturated heterocycles. The molecule has 1 fully saturated rings. The fraction of sp³-hybridized carbons (Fsp3) is 0.138. The van der Waals surface area contributed by atoms with E-state index in [0.717, 1.165) is 16.0 Å². The van der Waals surface area contributed by atoms with Gasteiger partial charge in [-0.3, -0.25) is 19.7 Å². The standard InChI is InChI=1S/C29H25N3O7/c1-17-7-12-24(18(2)13-17)30-25(33)16-39-22-6-4-5-19(14-22)15-23-26(34)31-29(37)32(27(23)35)21-10-8-20(9-11-21)28(36)38-3/h4-15H,16H2,1-3H3,(H,30,33)(H,31,34,37)/b23-15-. The normalized spacial score (nSPS) is 14.2. The average molecular weight is 528 g/mol. The van der Waals surface area contributed by atoms with E-state index in [9.17, 15) is 24.0 Å². The van der Waals surface area contributed by atoms with Crippen molar-refractivity contribution < 1.29 is 33.4 Å². The number of nitrogens with zero attached hydrogens (tertiary/aromatic N) is 1. The summed E-state index contributed by atoms with van der Waals surface area (Å²) in [4.78, 5) is 63.0. The summed E-state index contributed by atoms with van der Waals surface area (Å²) in [5, 5.41) is 4.95. The number of methoxy groups -OCH3 is 1. The number of anilines is 2. The highest BCUT2D eigenvalue weighted by Gasteiger charge is 2.36. The first-order valence-electron chi connectivity index (χ1n) is 11.9. The Morgan fingerprint density at radius 1 is 0.974 bits per heavy atom. The molecule has 4 rings (SSSR count). The molecule has 10 nitrogen and oxygen atoms in total. The van der Waals surface area contributed by atoms with Gasteiger partial charge in [0.25, 0.3) is 17.7 Å². The minimum Gasteiger partial charge on any atom is -0.484 e. The Hall–Kier alpha value is -5.25. The van der Waals surface area contributed by atoms with E-state index in [1.807, 2.05) is 32.0 Å². The van der Waals surface area contributed by atoms with Gasteiger partial charge in [-0.25, -0.2) is 14.5 Å². The summed E-state index contributed by atoms with van der Waals surface area (Å²) in [6.45, 7) is 3.61. The maximum absolute atomic E-state index is 13.1. The average Bonchev–Trinajstić information content (AvgIpc) is 2.91. The molecule has 0 aliphatic carbocycles. The van der Waals surface area contributed by atoms with Crippen molar-refractivity contribution >= 4 is 47.2 Å². The Morgan fingerprint density at radius 2 is 1.72 bits per heavy atom. The van der Waals surface area contributed by atoms with Crippen molar-refractivity contribution in [1.29, 1.82) is 0 Å². The molecule has 0 bridgehead atoms. The van der Waals surface area contributed by atoms with E-state index in [2.05, 4.69) is 15.4 Å². The van der Waals surface area contributed by atoms with Crippen molar-refractivity contribution in [2.75, 3.05) is 23.9 Å². The summed E-state index contributed by atoms with van der Waals surface area (Å²) in [6, 6.07) is 16.8. The third kappa shape index (κ3) is 6.19. The zero-order chi connectivity index (χ0) is 28.1. The number of nitrogens with one attached hydrogen (secondary N) is 2. The molecule has 0 saturated carbocycles. The Labute approximate surface area is 224 Å². The van der Waals surface area contributed by atoms with Crippen LogP contribution in [0.3, 0.4) is 0 Å². The van der Waals surface area contributed by atoms with Crippen LogP contribution in [0.4, 0.5) is 16.2 Å². The minimum atomic E-state index is -0.917. The molecule has 198 valence electrons. The lowest BCUT2D eigenvalue weighted by molar-refractivity contribution is -0.122. The van der Waals surface area contributed by atoms with Crippen molar-refractivity contribution in [3.63, 3.8) is 0 Å². The first-order valence-corrected chi connectivity index (χ1v) is 11.9. The van der Waals surface area contributed by atoms with Crippen molar-refractivity contribution in [1.82, 2.24) is 5.32 Å². The monoisotopic (exact) mass is 527 g/mol. The molecular weight excluding hydrogens is 502 g/mol. The minimum absolute atomic E-state index is 0.162. The van der Waals surface area contributed by atoms with Gasteiger partial charge in [-0.1, -0.05) is 29.8 Å². The fourth-order valence-electron chi connectivity index (χ4n) is 3.91. The van der Waals surface area contributed by atoms with Gasteiger partial charge < -0.3 is 14.8 Å². The van der Waals surface area contributed by atoms with Gasteiger partial charge in [-0.2, -0.15) is 0 Å². The van der Waals surface area contributed by atoms with E-state index >= 15 is 0 Å². The quantitative estimate of drug-likeness (QED) is 0.272. The highest BCUT2D eigenvalue weighted by Crippen LogP contribution is 2.24. The van der Waals surface area contributed by atoms with E-state index < -0.39 is 23.8 Å². The van der Waals surface area contributed by atoms with Crippen LogP contribution in [0.1, 0.15) is 27.0 Å². The highest BCUT2D eigenvalue weighted by molar-refractivity contribution is 6.39. The summed E-state index contributed by atoms with van der Waals surface area (Å²) in [5.41, 5.74) is 3.26. The molecule has 0 spiro atoms. The van der Waals surface area contributed by atoms with Crippen LogP contribution < -0.4 is 20.3 Å². The van der Waals surface area contributed by atoms with E-state index in [4.69, 9.17) is 4.74 Å². The smallest absolute Gasteiger partial charge is 0.337 e. The predicted molar refractivity (Wildman–Crippen MR) is 143 cm³/mol. The second-order valence-electron chi connectivity index (χ2n) is 8.72. The molecule has 0 atom stereocenters. The molecule has 5 amide bonds. The Bertz CT molecular complexity index is 1510. The number of ether oxygens (including phenoxy) is 2. The van der Waals surface area contributed by atoms with Gasteiger partial charge >= 0.3 is 12.0 Å². The van der Waals surface area contributed by atoms with Crippen molar-refractivity contribution in [2.24, 2.45) is 0 Å². The molecule has 3 aromatic rings. The SMILES string of the molecule is COC(=O)c1ccc(N2C(=O)NC(=O)/C(=C/c3cccc(OCC(=O)Nc4ccc(C)cc4C)c3)C2=O)cc1. The van der Waals surface area contributed by atoms with Crippen LogP contribution in [0.5, 0.6) is 5.75 Å². The van der Waals surface area contributed by atoms with Crippen molar-refractivity contribution in [2.45, 2.75) is 13.8 Å². The lowest BCUT2D eigenvalue weighted by atomic mass is 10.1. The van der Waals surface area contributed by atoms with E-state index in [1.165, 1.54) is 37.5 Å². The zero-order valence-electron chi connectivity index (χ0n) is 21.4. The maximum Gasteiger partial charge on any atom is 0.337 e. The van der Waals surface area contributed by atoms with E-state index in [-0.39, 0.29) is 29.3 Å².